The molecule has 1 aliphatic heterocycles. The van der Waals surface area contributed by atoms with Crippen LogP contribution in [0.2, 0.25) is 5.02 Å². The van der Waals surface area contributed by atoms with Gasteiger partial charge >= 0.3 is 0 Å². The molecule has 0 fully saturated rings. The highest BCUT2D eigenvalue weighted by atomic mass is 35.5. The van der Waals surface area contributed by atoms with Gasteiger partial charge in [0, 0.05) is 18.1 Å². The number of sulfonamides is 1. The lowest BCUT2D eigenvalue weighted by molar-refractivity contribution is -0.140. The van der Waals surface area contributed by atoms with Crippen molar-refractivity contribution in [3.63, 3.8) is 0 Å². The molecule has 0 bridgehead atoms. The van der Waals surface area contributed by atoms with Crippen LogP contribution >= 0.6 is 11.6 Å². The lowest BCUT2D eigenvalue weighted by Gasteiger charge is -2.30. The lowest BCUT2D eigenvalue weighted by Crippen LogP contribution is -2.51. The van der Waals surface area contributed by atoms with Crippen molar-refractivity contribution >= 4 is 39.3 Å². The van der Waals surface area contributed by atoms with E-state index in [-0.39, 0.29) is 17.0 Å². The van der Waals surface area contributed by atoms with Crippen LogP contribution in [-0.2, 0) is 26.2 Å². The van der Waals surface area contributed by atoms with E-state index in [1.807, 2.05) is 0 Å². The van der Waals surface area contributed by atoms with Crippen LogP contribution in [0.25, 0.3) is 0 Å². The Kier molecular flexibility index (Phi) is 6.66. The van der Waals surface area contributed by atoms with E-state index in [0.29, 0.717) is 21.4 Å². The molecule has 1 unspecified atom stereocenters. The van der Waals surface area contributed by atoms with Gasteiger partial charge < -0.3 is 10.2 Å². The fourth-order valence-electron chi connectivity index (χ4n) is 3.34. The first-order valence-electron chi connectivity index (χ1n) is 9.64. The Labute approximate surface area is 185 Å². The van der Waals surface area contributed by atoms with Gasteiger partial charge in [0.1, 0.15) is 17.5 Å². The number of carbonyl (C=O) groups excluding carboxylic acids is 3. The molecule has 0 radical (unpaired) electrons. The Balaban J connectivity index is 1.89. The molecule has 0 spiro atoms. The summed E-state index contributed by atoms with van der Waals surface area (Å²) in [4.78, 5) is 39.4. The van der Waals surface area contributed by atoms with Gasteiger partial charge in [0.05, 0.1) is 5.56 Å². The van der Waals surface area contributed by atoms with E-state index >= 15 is 0 Å². The average Bonchev–Trinajstić information content (AvgIpc) is 2.92. The van der Waals surface area contributed by atoms with Crippen molar-refractivity contribution in [3.05, 3.63) is 64.7 Å². The number of fused-ring (bicyclic) bond motifs is 1. The number of hydrogen-bond donors (Lipinski definition) is 1. The summed E-state index contributed by atoms with van der Waals surface area (Å²) in [5.74, 6) is -1.84. The Morgan fingerprint density at radius 3 is 2.52 bits per heavy atom. The largest absolute Gasteiger partial charge is 0.355 e. The Morgan fingerprint density at radius 2 is 1.87 bits per heavy atom. The van der Waals surface area contributed by atoms with Gasteiger partial charge in [-0.3, -0.25) is 14.4 Å². The molecule has 8 nitrogen and oxygen atoms in total. The number of carbonyl (C=O) groups is 3. The molecular formula is C21H22ClN3O5S. The smallest absolute Gasteiger partial charge is 0.269 e. The van der Waals surface area contributed by atoms with E-state index < -0.39 is 40.3 Å². The van der Waals surface area contributed by atoms with Crippen molar-refractivity contribution in [2.24, 2.45) is 0 Å². The van der Waals surface area contributed by atoms with Gasteiger partial charge in [-0.1, -0.05) is 35.9 Å². The summed E-state index contributed by atoms with van der Waals surface area (Å²) in [5, 5.41) is 3.11. The van der Waals surface area contributed by atoms with E-state index in [0.717, 1.165) is 0 Å². The van der Waals surface area contributed by atoms with Gasteiger partial charge in [0.25, 0.3) is 15.9 Å². The quantitative estimate of drug-likeness (QED) is 0.676. The minimum Gasteiger partial charge on any atom is -0.355 e. The predicted molar refractivity (Wildman–Crippen MR) is 115 cm³/mol. The molecule has 31 heavy (non-hydrogen) atoms. The summed E-state index contributed by atoms with van der Waals surface area (Å²) in [7, 11) is -4.15. The predicted octanol–water partition coefficient (Wildman–Crippen LogP) is 2.04. The Hall–Kier alpha value is -2.91. The number of benzene rings is 2. The number of rotatable bonds is 7. The molecule has 1 aliphatic rings. The van der Waals surface area contributed by atoms with Gasteiger partial charge in [0.15, 0.2) is 0 Å². The summed E-state index contributed by atoms with van der Waals surface area (Å²) in [5.41, 5.74) is 0.685. The van der Waals surface area contributed by atoms with Gasteiger partial charge in [-0.25, -0.2) is 12.7 Å². The minimum absolute atomic E-state index is 0.0206. The molecule has 1 N–H and O–H groups in total. The topological polar surface area (TPSA) is 104 Å². The van der Waals surface area contributed by atoms with Gasteiger partial charge in [-0.05, 0) is 43.7 Å². The third-order valence-corrected chi connectivity index (χ3v) is 6.97. The van der Waals surface area contributed by atoms with Crippen LogP contribution in [0.15, 0.2) is 53.4 Å². The number of hydrogen-bond acceptors (Lipinski definition) is 5. The van der Waals surface area contributed by atoms with Gasteiger partial charge in [-0.15, -0.1) is 0 Å². The molecule has 0 aliphatic carbocycles. The van der Waals surface area contributed by atoms with E-state index in [2.05, 4.69) is 5.32 Å². The van der Waals surface area contributed by atoms with Crippen molar-refractivity contribution < 1.29 is 22.8 Å². The zero-order chi connectivity index (χ0) is 22.8. The number of likely N-dealkylation sites (N-methyl/N-ethyl adjacent to an activating group) is 1. The first-order chi connectivity index (χ1) is 14.7. The first-order valence-corrected chi connectivity index (χ1v) is 11.5. The number of nitrogens with zero attached hydrogens (tertiary/aromatic N) is 2. The summed E-state index contributed by atoms with van der Waals surface area (Å²) >= 11 is 6.03. The maximum atomic E-state index is 13.2. The summed E-state index contributed by atoms with van der Waals surface area (Å²) in [6, 6.07) is 11.7. The van der Waals surface area contributed by atoms with Crippen LogP contribution < -0.4 is 5.32 Å². The summed E-state index contributed by atoms with van der Waals surface area (Å²) in [6.07, 6.45) is 0. The molecule has 0 saturated heterocycles. The van der Waals surface area contributed by atoms with Crippen LogP contribution in [0.4, 0.5) is 0 Å². The van der Waals surface area contributed by atoms with Crippen LogP contribution in [0, 0.1) is 0 Å². The maximum absolute atomic E-state index is 13.2. The second-order valence-electron chi connectivity index (χ2n) is 7.04. The lowest BCUT2D eigenvalue weighted by atomic mass is 10.1. The average molecular weight is 464 g/mol. The molecule has 1 atom stereocenters. The molecule has 3 amide bonds. The summed E-state index contributed by atoms with van der Waals surface area (Å²) < 4.78 is 26.2. The van der Waals surface area contributed by atoms with Crippen molar-refractivity contribution in [2.45, 2.75) is 31.3 Å². The maximum Gasteiger partial charge on any atom is 0.269 e. The van der Waals surface area contributed by atoms with Crippen molar-refractivity contribution in [1.29, 1.82) is 0 Å². The van der Waals surface area contributed by atoms with Crippen LogP contribution in [0.5, 0.6) is 0 Å². The first kappa shape index (κ1) is 22.8. The van der Waals surface area contributed by atoms with Gasteiger partial charge in [0.2, 0.25) is 11.8 Å². The second-order valence-corrected chi connectivity index (χ2v) is 9.30. The van der Waals surface area contributed by atoms with Crippen LogP contribution in [0.3, 0.4) is 0 Å². The molecule has 164 valence electrons. The van der Waals surface area contributed by atoms with E-state index in [9.17, 15) is 22.8 Å². The molecule has 0 aromatic heterocycles. The fourth-order valence-corrected chi connectivity index (χ4v) is 5.07. The zero-order valence-electron chi connectivity index (χ0n) is 17.0. The molecule has 10 heteroatoms. The Morgan fingerprint density at radius 1 is 1.16 bits per heavy atom. The van der Waals surface area contributed by atoms with E-state index in [4.69, 9.17) is 11.6 Å². The minimum atomic E-state index is -4.15. The third kappa shape index (κ3) is 4.57. The SMILES string of the molecule is CCNC(=O)C(C)N(Cc1cccc(Cl)c1)C(=O)CN1C(=O)c2ccccc2S1(=O)=O. The second kappa shape index (κ2) is 9.07. The van der Waals surface area contributed by atoms with E-state index in [1.165, 1.54) is 23.1 Å². The standard InChI is InChI=1S/C21H22ClN3O5S/c1-3-23-20(27)14(2)24(12-15-7-6-8-16(22)11-15)19(26)13-25-21(28)17-9-4-5-10-18(17)31(25,29)30/h4-11,14H,3,12-13H2,1-2H3,(H,23,27). The highest BCUT2D eigenvalue weighted by Gasteiger charge is 2.43. The van der Waals surface area contributed by atoms with Crippen molar-refractivity contribution in [1.82, 2.24) is 14.5 Å². The van der Waals surface area contributed by atoms with Crippen molar-refractivity contribution in [2.75, 3.05) is 13.1 Å². The Bertz CT molecular complexity index is 1140. The fraction of sp³-hybridized carbons (Fsp3) is 0.286. The number of halogens is 1. The van der Waals surface area contributed by atoms with Crippen molar-refractivity contribution in [3.8, 4) is 0 Å². The molecule has 1 heterocycles. The highest BCUT2D eigenvalue weighted by molar-refractivity contribution is 7.90. The molecule has 2 aromatic rings. The molecular weight excluding hydrogens is 442 g/mol. The third-order valence-electron chi connectivity index (χ3n) is 4.95. The monoisotopic (exact) mass is 463 g/mol. The summed E-state index contributed by atoms with van der Waals surface area (Å²) in [6.45, 7) is 2.98. The zero-order valence-corrected chi connectivity index (χ0v) is 18.6. The molecule has 2 aromatic carbocycles. The van der Waals surface area contributed by atoms with E-state index in [1.54, 1.807) is 44.2 Å². The molecule has 3 rings (SSSR count). The normalized spacial score (nSPS) is 15.3. The highest BCUT2D eigenvalue weighted by Crippen LogP contribution is 2.30. The van der Waals surface area contributed by atoms with Crippen LogP contribution in [0.1, 0.15) is 29.8 Å². The van der Waals surface area contributed by atoms with Crippen LogP contribution in [-0.4, -0.2) is 54.5 Å². The van der Waals surface area contributed by atoms with Gasteiger partial charge in [-0.2, -0.15) is 0 Å². The molecule has 0 saturated carbocycles. The number of amides is 3. The number of nitrogens with one attached hydrogen (secondary N) is 1.